The number of aromatic carboxylic acids is 1. The molecule has 0 bridgehead atoms. The molecule has 1 heterocycles. The van der Waals surface area contributed by atoms with E-state index in [1.54, 1.807) is 18.2 Å². The van der Waals surface area contributed by atoms with Crippen LogP contribution in [0.3, 0.4) is 0 Å². The van der Waals surface area contributed by atoms with E-state index >= 15 is 0 Å². The minimum Gasteiger partial charge on any atom is -0.478 e. The quantitative estimate of drug-likeness (QED) is 0.586. The van der Waals surface area contributed by atoms with Crippen LogP contribution in [0.15, 0.2) is 70.9 Å². The molecule has 3 unspecified atom stereocenters. The van der Waals surface area contributed by atoms with Crippen molar-refractivity contribution in [3.05, 3.63) is 82.6 Å². The number of Topliss-reactive ketones (excluding diaryl/α,β-unsaturated/α-hetero) is 1. The van der Waals surface area contributed by atoms with E-state index in [0.29, 0.717) is 35.4 Å². The molecule has 0 aromatic heterocycles. The van der Waals surface area contributed by atoms with Crippen molar-refractivity contribution < 1.29 is 24.2 Å². The molecule has 6 nitrogen and oxygen atoms in total. The van der Waals surface area contributed by atoms with E-state index in [1.807, 2.05) is 37.3 Å². The molecule has 0 spiro atoms. The van der Waals surface area contributed by atoms with Crippen molar-refractivity contribution in [3.8, 4) is 0 Å². The highest BCUT2D eigenvalue weighted by Gasteiger charge is 2.45. The number of carboxylic acid groups (broad SMARTS) is 1. The number of hydrogen-bond acceptors (Lipinski definition) is 5. The van der Waals surface area contributed by atoms with Crippen molar-refractivity contribution in [3.63, 3.8) is 0 Å². The van der Waals surface area contributed by atoms with Gasteiger partial charge in [-0.25, -0.2) is 4.79 Å². The molecule has 0 saturated heterocycles. The minimum absolute atomic E-state index is 0.0204. The Balaban J connectivity index is 1.57. The van der Waals surface area contributed by atoms with Crippen LogP contribution in [-0.4, -0.2) is 34.6 Å². The molecule has 35 heavy (non-hydrogen) atoms. The number of aliphatic imine (C=N–C) groups is 1. The summed E-state index contributed by atoms with van der Waals surface area (Å²) in [6, 6.07) is 16.5. The SMILES string of the molecule is CC1=NC2=C(C(=O)CC(c3ccccc3)C2)C(c2cccc(C(=O)O)c2)C1C(=O)OC1CCCC1. The third-order valence-corrected chi connectivity index (χ3v) is 7.49. The van der Waals surface area contributed by atoms with Gasteiger partial charge in [-0.05, 0) is 68.2 Å². The van der Waals surface area contributed by atoms with Crippen molar-refractivity contribution in [2.24, 2.45) is 10.9 Å². The van der Waals surface area contributed by atoms with Crippen LogP contribution >= 0.6 is 0 Å². The first kappa shape index (κ1) is 23.2. The van der Waals surface area contributed by atoms with Crippen LogP contribution in [-0.2, 0) is 14.3 Å². The lowest BCUT2D eigenvalue weighted by Gasteiger charge is -2.37. The molecule has 2 aromatic rings. The lowest BCUT2D eigenvalue weighted by molar-refractivity contribution is -0.151. The molecule has 0 amide bonds. The summed E-state index contributed by atoms with van der Waals surface area (Å²) in [5.74, 6) is -2.82. The lowest BCUT2D eigenvalue weighted by atomic mass is 9.69. The van der Waals surface area contributed by atoms with E-state index < -0.39 is 17.8 Å². The summed E-state index contributed by atoms with van der Waals surface area (Å²) in [6.45, 7) is 1.81. The molecule has 3 atom stereocenters. The Labute approximate surface area is 204 Å². The molecular formula is C29H29NO5. The minimum atomic E-state index is -1.05. The van der Waals surface area contributed by atoms with Gasteiger partial charge in [0, 0.05) is 29.3 Å². The summed E-state index contributed by atoms with van der Waals surface area (Å²) in [5, 5.41) is 9.58. The van der Waals surface area contributed by atoms with Gasteiger partial charge < -0.3 is 9.84 Å². The van der Waals surface area contributed by atoms with Crippen LogP contribution in [0.2, 0.25) is 0 Å². The topological polar surface area (TPSA) is 93.0 Å². The van der Waals surface area contributed by atoms with E-state index in [-0.39, 0.29) is 29.3 Å². The van der Waals surface area contributed by atoms with Crippen LogP contribution in [0.5, 0.6) is 0 Å². The predicted octanol–water partition coefficient (Wildman–Crippen LogP) is 5.45. The fraction of sp³-hybridized carbons (Fsp3) is 0.379. The second-order valence-corrected chi connectivity index (χ2v) is 9.78. The van der Waals surface area contributed by atoms with E-state index in [4.69, 9.17) is 9.73 Å². The Morgan fingerprint density at radius 1 is 0.971 bits per heavy atom. The van der Waals surface area contributed by atoms with Gasteiger partial charge in [-0.3, -0.25) is 14.6 Å². The highest BCUT2D eigenvalue weighted by Crippen LogP contribution is 2.47. The largest absolute Gasteiger partial charge is 0.478 e. The maximum atomic E-state index is 13.6. The molecule has 0 radical (unpaired) electrons. The Hall–Kier alpha value is -3.54. The Morgan fingerprint density at radius 3 is 2.40 bits per heavy atom. The average Bonchev–Trinajstić information content (AvgIpc) is 3.36. The summed E-state index contributed by atoms with van der Waals surface area (Å²) < 4.78 is 5.89. The van der Waals surface area contributed by atoms with Gasteiger partial charge in [0.1, 0.15) is 12.0 Å². The molecule has 3 aliphatic rings. The first-order chi connectivity index (χ1) is 16.9. The predicted molar refractivity (Wildman–Crippen MR) is 132 cm³/mol. The van der Waals surface area contributed by atoms with Crippen molar-refractivity contribution in [2.75, 3.05) is 0 Å². The fourth-order valence-electron chi connectivity index (χ4n) is 5.79. The molecule has 1 saturated carbocycles. The second kappa shape index (κ2) is 9.61. The number of esters is 1. The number of carbonyl (C=O) groups is 3. The number of ketones is 1. The summed E-state index contributed by atoms with van der Waals surface area (Å²) in [6.07, 6.45) is 4.59. The van der Waals surface area contributed by atoms with Gasteiger partial charge in [-0.1, -0.05) is 42.5 Å². The number of hydrogen-bond donors (Lipinski definition) is 1. The highest BCUT2D eigenvalue weighted by molar-refractivity contribution is 6.09. The monoisotopic (exact) mass is 471 g/mol. The highest BCUT2D eigenvalue weighted by atomic mass is 16.5. The third-order valence-electron chi connectivity index (χ3n) is 7.49. The Bertz CT molecular complexity index is 1220. The first-order valence-electron chi connectivity index (χ1n) is 12.3. The molecule has 2 aliphatic carbocycles. The zero-order valence-electron chi connectivity index (χ0n) is 19.8. The summed E-state index contributed by atoms with van der Waals surface area (Å²) in [7, 11) is 0. The zero-order chi connectivity index (χ0) is 24.5. The van der Waals surface area contributed by atoms with Crippen molar-refractivity contribution in [1.82, 2.24) is 0 Å². The Morgan fingerprint density at radius 2 is 1.69 bits per heavy atom. The molecule has 1 aliphatic heterocycles. The lowest BCUT2D eigenvalue weighted by Crippen LogP contribution is -2.39. The maximum absolute atomic E-state index is 13.6. The fourth-order valence-corrected chi connectivity index (χ4v) is 5.79. The molecule has 1 fully saturated rings. The molecule has 180 valence electrons. The number of carboxylic acids is 1. The van der Waals surface area contributed by atoms with E-state index in [2.05, 4.69) is 0 Å². The molecule has 6 heteroatoms. The summed E-state index contributed by atoms with van der Waals surface area (Å²) in [4.78, 5) is 43.6. The smallest absolute Gasteiger partial charge is 0.335 e. The van der Waals surface area contributed by atoms with Gasteiger partial charge in [0.25, 0.3) is 0 Å². The van der Waals surface area contributed by atoms with Crippen LogP contribution < -0.4 is 0 Å². The van der Waals surface area contributed by atoms with Crippen molar-refractivity contribution in [2.45, 2.75) is 63.4 Å². The van der Waals surface area contributed by atoms with Crippen molar-refractivity contribution in [1.29, 1.82) is 0 Å². The molecule has 2 aromatic carbocycles. The number of carbonyl (C=O) groups excluding carboxylic acids is 2. The number of rotatable bonds is 5. The second-order valence-electron chi connectivity index (χ2n) is 9.78. The summed E-state index contributed by atoms with van der Waals surface area (Å²) in [5.41, 5.74) is 3.68. The summed E-state index contributed by atoms with van der Waals surface area (Å²) >= 11 is 0. The van der Waals surface area contributed by atoms with Crippen LogP contribution in [0, 0.1) is 5.92 Å². The Kier molecular flexibility index (Phi) is 6.37. The number of ether oxygens (including phenoxy) is 1. The molecule has 5 rings (SSSR count). The van der Waals surface area contributed by atoms with Crippen LogP contribution in [0.1, 0.15) is 78.8 Å². The number of benzene rings is 2. The van der Waals surface area contributed by atoms with Gasteiger partial charge in [0.15, 0.2) is 5.78 Å². The van der Waals surface area contributed by atoms with Gasteiger partial charge in [0.2, 0.25) is 0 Å². The average molecular weight is 472 g/mol. The maximum Gasteiger partial charge on any atom is 0.335 e. The number of allylic oxidation sites excluding steroid dienone is 2. The van der Waals surface area contributed by atoms with Crippen molar-refractivity contribution >= 4 is 23.4 Å². The normalized spacial score (nSPS) is 24.7. The van der Waals surface area contributed by atoms with Gasteiger partial charge in [0.05, 0.1) is 5.56 Å². The van der Waals surface area contributed by atoms with Crippen LogP contribution in [0.4, 0.5) is 0 Å². The van der Waals surface area contributed by atoms with E-state index in [1.165, 1.54) is 6.07 Å². The van der Waals surface area contributed by atoms with Gasteiger partial charge in [-0.15, -0.1) is 0 Å². The molecule has 1 N–H and O–H groups in total. The molecular weight excluding hydrogens is 442 g/mol. The van der Waals surface area contributed by atoms with Gasteiger partial charge >= 0.3 is 11.9 Å². The number of nitrogens with zero attached hydrogens (tertiary/aromatic N) is 1. The third kappa shape index (κ3) is 4.57. The standard InChI is InChI=1S/C29H29NO5/c1-17-25(29(34)35-22-12-5-6-13-22)26(19-10-7-11-20(14-19)28(32)33)27-23(30-17)15-21(16-24(27)31)18-8-3-2-4-9-18/h2-4,7-11,14,21-22,25-26H,5-6,12-13,15-16H2,1H3,(H,32,33). The van der Waals surface area contributed by atoms with Gasteiger partial charge in [-0.2, -0.15) is 0 Å². The zero-order valence-corrected chi connectivity index (χ0v) is 19.8. The first-order valence-corrected chi connectivity index (χ1v) is 12.3. The van der Waals surface area contributed by atoms with Crippen LogP contribution in [0.25, 0.3) is 0 Å². The van der Waals surface area contributed by atoms with E-state index in [0.717, 1.165) is 31.2 Å². The van der Waals surface area contributed by atoms with E-state index in [9.17, 15) is 19.5 Å².